The van der Waals surface area contributed by atoms with Crippen molar-refractivity contribution in [3.63, 3.8) is 0 Å². The first kappa shape index (κ1) is 38.7. The number of aromatic nitrogens is 1. The summed E-state index contributed by atoms with van der Waals surface area (Å²) in [6, 6.07) is 8.05. The number of alkyl halides is 3. The summed E-state index contributed by atoms with van der Waals surface area (Å²) in [5.74, 6) is 0.999. The highest BCUT2D eigenvalue weighted by molar-refractivity contribution is 7.38. The van der Waals surface area contributed by atoms with Gasteiger partial charge in [-0.25, -0.2) is 4.39 Å². The zero-order chi connectivity index (χ0) is 32.7. The Morgan fingerprint density at radius 2 is 1.72 bits per heavy atom. The lowest BCUT2D eigenvalue weighted by Gasteiger charge is -2.30. The first-order chi connectivity index (χ1) is 20.2. The van der Waals surface area contributed by atoms with Crippen molar-refractivity contribution in [2.75, 3.05) is 34.1 Å². The fraction of sp³-hybridized carbons (Fsp3) is 0.543. The van der Waals surface area contributed by atoms with Gasteiger partial charge < -0.3 is 9.64 Å². The Hall–Kier alpha value is -2.30. The van der Waals surface area contributed by atoms with Gasteiger partial charge in [0.05, 0.1) is 17.7 Å². The zero-order valence-corrected chi connectivity index (χ0v) is 28.3. The minimum absolute atomic E-state index is 0.128. The van der Waals surface area contributed by atoms with E-state index in [4.69, 9.17) is 4.98 Å². The second-order valence-corrected chi connectivity index (χ2v) is 13.0. The van der Waals surface area contributed by atoms with E-state index in [2.05, 4.69) is 75.5 Å². The van der Waals surface area contributed by atoms with Crippen LogP contribution in [0.3, 0.4) is 0 Å². The lowest BCUT2D eigenvalue weighted by molar-refractivity contribution is -0.126. The molecule has 3 atom stereocenters. The van der Waals surface area contributed by atoms with Crippen LogP contribution in [0.25, 0.3) is 11.1 Å². The molecule has 3 rings (SSSR count). The predicted molar refractivity (Wildman–Crippen MR) is 176 cm³/mol. The number of hydrogen-bond acceptors (Lipinski definition) is 3. The number of benzene rings is 1. The second kappa shape index (κ2) is 19.2. The van der Waals surface area contributed by atoms with Gasteiger partial charge in [0.2, 0.25) is 0 Å². The largest absolute Gasteiger partial charge is 0.395 e. The molecule has 0 aliphatic heterocycles. The van der Waals surface area contributed by atoms with Crippen molar-refractivity contribution in [1.29, 1.82) is 0 Å². The first-order valence-electron chi connectivity index (χ1n) is 14.9. The highest BCUT2D eigenvalue weighted by atomic mass is 31.1. The number of allylic oxidation sites excluding steroid dienone is 1. The molecule has 2 aromatic rings. The van der Waals surface area contributed by atoms with Crippen LogP contribution in [-0.2, 0) is 4.74 Å². The van der Waals surface area contributed by atoms with Crippen molar-refractivity contribution in [2.45, 2.75) is 78.6 Å². The van der Waals surface area contributed by atoms with Crippen molar-refractivity contribution in [2.24, 2.45) is 11.8 Å². The number of methoxy groups -OCH3 is 1. The quantitative estimate of drug-likeness (QED) is 0.150. The molecule has 0 N–H and O–H groups in total. The molecular weight excluding hydrogens is 571 g/mol. The molecule has 1 fully saturated rings. The van der Waals surface area contributed by atoms with Crippen molar-refractivity contribution in [3.8, 4) is 0 Å². The van der Waals surface area contributed by atoms with Crippen LogP contribution in [0.1, 0.15) is 73.9 Å². The molecule has 0 radical (unpaired) electrons. The average molecular weight is 623 g/mol. The van der Waals surface area contributed by atoms with Gasteiger partial charge in [-0.2, -0.15) is 13.2 Å². The van der Waals surface area contributed by atoms with Gasteiger partial charge in [-0.05, 0) is 118 Å². The van der Waals surface area contributed by atoms with E-state index in [-0.39, 0.29) is 20.7 Å². The van der Waals surface area contributed by atoms with Gasteiger partial charge >= 0.3 is 6.18 Å². The van der Waals surface area contributed by atoms with Gasteiger partial charge in [-0.1, -0.05) is 53.6 Å². The predicted octanol–water partition coefficient (Wildman–Crippen LogP) is 10.0. The SMILES string of the molecule is C=C=C.CCC(/C(=C(/CN(C)C)c1cc(F)c(C)cc1C)c1ccc(C)cn1)C1CCCC1.COCPC(C)C(F)(F)F. The standard InChI is InChI=1S/C27H37FN2.C5H10F3OP.C3H4/c1-7-22(21-10-8-9-11-21)27(26-13-12-18(2)16-29-26)24(17-30(5)6)23-15-25(28)20(4)14-19(23)3;1-4(5(6,7)8)10-3-9-2;1-3-2/h12-16,21-22H,7-11,17H2,1-6H3;4,10H,3H2,1-2H3;1-2H2/b27-24+;;. The average Bonchev–Trinajstić information content (AvgIpc) is 3.47. The Morgan fingerprint density at radius 1 is 1.12 bits per heavy atom. The molecule has 0 saturated heterocycles. The Labute approximate surface area is 259 Å². The number of likely N-dealkylation sites (N-methyl/N-ethyl adjacent to an activating group) is 1. The lowest BCUT2D eigenvalue weighted by Crippen LogP contribution is -2.21. The molecule has 8 heteroatoms. The molecular formula is C35H51F4N2OP. The number of rotatable bonds is 10. The van der Waals surface area contributed by atoms with E-state index in [0.29, 0.717) is 17.4 Å². The summed E-state index contributed by atoms with van der Waals surface area (Å²) in [7, 11) is 5.40. The Morgan fingerprint density at radius 3 is 2.19 bits per heavy atom. The van der Waals surface area contributed by atoms with Gasteiger partial charge in [0.1, 0.15) is 5.82 Å². The third-order valence-electron chi connectivity index (χ3n) is 7.62. The molecule has 3 nitrogen and oxygen atoms in total. The second-order valence-electron chi connectivity index (χ2n) is 11.5. The van der Waals surface area contributed by atoms with Crippen molar-refractivity contribution in [1.82, 2.24) is 9.88 Å². The summed E-state index contributed by atoms with van der Waals surface area (Å²) in [6.07, 6.45) is 4.38. The lowest BCUT2D eigenvalue weighted by atomic mass is 9.77. The summed E-state index contributed by atoms with van der Waals surface area (Å²) >= 11 is 0. The van der Waals surface area contributed by atoms with Crippen molar-refractivity contribution < 1.29 is 22.3 Å². The van der Waals surface area contributed by atoms with E-state index >= 15 is 0 Å². The number of nitrogens with zero attached hydrogens (tertiary/aromatic N) is 2. The summed E-state index contributed by atoms with van der Waals surface area (Å²) in [6.45, 7) is 16.5. The van der Waals surface area contributed by atoms with Crippen LogP contribution in [0.2, 0.25) is 0 Å². The normalized spacial score (nSPS) is 15.7. The molecule has 1 aromatic carbocycles. The van der Waals surface area contributed by atoms with E-state index < -0.39 is 11.8 Å². The van der Waals surface area contributed by atoms with Crippen LogP contribution in [0, 0.1) is 38.4 Å². The van der Waals surface area contributed by atoms with Crippen molar-refractivity contribution >= 4 is 19.7 Å². The zero-order valence-electron chi connectivity index (χ0n) is 27.3. The van der Waals surface area contributed by atoms with E-state index in [1.54, 1.807) is 6.07 Å². The molecule has 240 valence electrons. The maximum Gasteiger partial charge on any atom is 0.395 e. The third kappa shape index (κ3) is 12.7. The number of pyridine rings is 1. The fourth-order valence-electron chi connectivity index (χ4n) is 5.44. The summed E-state index contributed by atoms with van der Waals surface area (Å²) in [5.41, 5.74) is 8.66. The Balaban J connectivity index is 0.000000599. The molecule has 43 heavy (non-hydrogen) atoms. The third-order valence-corrected chi connectivity index (χ3v) is 9.02. The molecule has 1 aromatic heterocycles. The van der Waals surface area contributed by atoms with Crippen LogP contribution in [-0.4, -0.2) is 55.8 Å². The van der Waals surface area contributed by atoms with Gasteiger partial charge in [0.25, 0.3) is 0 Å². The molecule has 1 aliphatic rings. The molecule has 3 unspecified atom stereocenters. The van der Waals surface area contributed by atoms with Crippen LogP contribution in [0.4, 0.5) is 17.6 Å². The maximum atomic E-state index is 14.7. The maximum absolute atomic E-state index is 14.7. The van der Waals surface area contributed by atoms with Crippen LogP contribution in [0.5, 0.6) is 0 Å². The topological polar surface area (TPSA) is 25.4 Å². The molecule has 1 aliphatic carbocycles. The van der Waals surface area contributed by atoms with Gasteiger partial charge in [0, 0.05) is 19.9 Å². The van der Waals surface area contributed by atoms with Gasteiger partial charge in [-0.3, -0.25) is 4.98 Å². The molecule has 1 saturated carbocycles. The number of aryl methyl sites for hydroxylation is 3. The van der Waals surface area contributed by atoms with Gasteiger partial charge in [-0.15, -0.1) is 5.73 Å². The number of halogens is 4. The van der Waals surface area contributed by atoms with Crippen LogP contribution >= 0.6 is 8.58 Å². The molecule has 1 heterocycles. The molecule has 0 bridgehead atoms. The van der Waals surface area contributed by atoms with Crippen LogP contribution in [0.15, 0.2) is 49.4 Å². The van der Waals surface area contributed by atoms with Crippen molar-refractivity contribution in [3.05, 3.63) is 83.1 Å². The highest BCUT2D eigenvalue weighted by Crippen LogP contribution is 2.44. The Kier molecular flexibility index (Phi) is 17.3. The smallest absolute Gasteiger partial charge is 0.380 e. The minimum atomic E-state index is -4.06. The van der Waals surface area contributed by atoms with Gasteiger partial charge in [0.15, 0.2) is 0 Å². The first-order valence-corrected chi connectivity index (χ1v) is 16.2. The monoisotopic (exact) mass is 622 g/mol. The molecule has 0 amide bonds. The van der Waals surface area contributed by atoms with Crippen LogP contribution < -0.4 is 0 Å². The summed E-state index contributed by atoms with van der Waals surface area (Å²) in [5, 5.41) is 0. The molecule has 0 spiro atoms. The highest BCUT2D eigenvalue weighted by Gasteiger charge is 2.35. The minimum Gasteiger partial charge on any atom is -0.380 e. The summed E-state index contributed by atoms with van der Waals surface area (Å²) < 4.78 is 54.4. The Bertz CT molecular complexity index is 1180. The number of hydrogen-bond donors (Lipinski definition) is 0. The fourth-order valence-corrected chi connectivity index (χ4v) is 6.08. The van der Waals surface area contributed by atoms with E-state index in [0.717, 1.165) is 36.7 Å². The van der Waals surface area contributed by atoms with E-state index in [1.165, 1.54) is 49.5 Å². The number of ether oxygens (including phenoxy) is 1. The van der Waals surface area contributed by atoms with E-state index in [1.807, 2.05) is 19.2 Å². The summed E-state index contributed by atoms with van der Waals surface area (Å²) in [4.78, 5) is 7.07. The van der Waals surface area contributed by atoms with E-state index in [9.17, 15) is 17.6 Å².